The van der Waals surface area contributed by atoms with Gasteiger partial charge in [0.1, 0.15) is 11.1 Å². The summed E-state index contributed by atoms with van der Waals surface area (Å²) < 4.78 is 20.8. The molecule has 0 radical (unpaired) electrons. The minimum absolute atomic E-state index is 0.155. The molecule has 2 aromatic rings. The monoisotopic (exact) mass is 444 g/mol. The van der Waals surface area contributed by atoms with Gasteiger partial charge in [-0.25, -0.2) is 4.79 Å². The molecular weight excluding hydrogens is 420 g/mol. The average molecular weight is 445 g/mol. The minimum atomic E-state index is -0.711. The van der Waals surface area contributed by atoms with Crippen LogP contribution in [0.15, 0.2) is 12.1 Å². The summed E-state index contributed by atoms with van der Waals surface area (Å²) in [5.74, 6) is -0.264. The normalized spacial score (nSPS) is 12.7. The maximum Gasteiger partial charge on any atom is 0.338 e. The van der Waals surface area contributed by atoms with Gasteiger partial charge in [-0.2, -0.15) is 5.26 Å². The number of rotatable bonds is 7. The van der Waals surface area contributed by atoms with Gasteiger partial charge < -0.3 is 24.3 Å². The van der Waals surface area contributed by atoms with E-state index in [1.807, 2.05) is 0 Å². The molecule has 1 heterocycles. The first kappa shape index (κ1) is 22.4. The van der Waals surface area contributed by atoms with E-state index in [9.17, 15) is 14.9 Å². The summed E-state index contributed by atoms with van der Waals surface area (Å²) in [4.78, 5) is 26.0. The zero-order valence-electron chi connectivity index (χ0n) is 17.7. The Morgan fingerprint density at radius 3 is 2.35 bits per heavy atom. The fourth-order valence-electron chi connectivity index (χ4n) is 3.53. The molecular formula is C22H24N2O6S. The van der Waals surface area contributed by atoms with Crippen molar-refractivity contribution >= 4 is 28.2 Å². The number of carbonyl (C=O) groups is 2. The van der Waals surface area contributed by atoms with Crippen molar-refractivity contribution in [3.05, 3.63) is 33.7 Å². The molecule has 3 rings (SSSR count). The predicted octanol–water partition coefficient (Wildman–Crippen LogP) is 3.71. The van der Waals surface area contributed by atoms with Gasteiger partial charge in [0, 0.05) is 4.88 Å². The first-order valence-electron chi connectivity index (χ1n) is 9.84. The Bertz CT molecular complexity index is 999. The lowest BCUT2D eigenvalue weighted by Gasteiger charge is -2.13. The maximum absolute atomic E-state index is 12.5. The van der Waals surface area contributed by atoms with Crippen LogP contribution in [0.5, 0.6) is 17.2 Å². The molecule has 164 valence electrons. The highest BCUT2D eigenvalue weighted by atomic mass is 32.1. The number of ether oxygens (including phenoxy) is 4. The van der Waals surface area contributed by atoms with Crippen molar-refractivity contribution in [3.63, 3.8) is 0 Å². The number of methoxy groups -OCH3 is 3. The summed E-state index contributed by atoms with van der Waals surface area (Å²) in [6, 6.07) is 5.11. The van der Waals surface area contributed by atoms with Gasteiger partial charge in [-0.1, -0.05) is 6.42 Å². The molecule has 0 atom stereocenters. The van der Waals surface area contributed by atoms with Crippen molar-refractivity contribution in [2.75, 3.05) is 33.3 Å². The molecule has 0 fully saturated rings. The SMILES string of the molecule is COc1cc(C(=O)OCC(=O)Nc2sc3c(c2C#N)CCCCC3)cc(OC)c1OC. The number of carbonyl (C=O) groups excluding carboxylic acids is 2. The molecule has 1 N–H and O–H groups in total. The number of nitriles is 1. The van der Waals surface area contributed by atoms with Gasteiger partial charge in [-0.3, -0.25) is 4.79 Å². The smallest absolute Gasteiger partial charge is 0.338 e. The van der Waals surface area contributed by atoms with Gasteiger partial charge in [0.2, 0.25) is 5.75 Å². The van der Waals surface area contributed by atoms with Crippen molar-refractivity contribution in [1.82, 2.24) is 0 Å². The Kier molecular flexibility index (Phi) is 7.36. The van der Waals surface area contributed by atoms with Crippen LogP contribution in [0, 0.1) is 11.3 Å². The van der Waals surface area contributed by atoms with E-state index in [2.05, 4.69) is 11.4 Å². The van der Waals surface area contributed by atoms with Gasteiger partial charge in [0.25, 0.3) is 5.91 Å². The zero-order valence-corrected chi connectivity index (χ0v) is 18.5. The number of amides is 1. The third-order valence-electron chi connectivity index (χ3n) is 5.02. The third kappa shape index (κ3) is 4.91. The Morgan fingerprint density at radius 1 is 1.06 bits per heavy atom. The van der Waals surface area contributed by atoms with E-state index in [0.717, 1.165) is 42.5 Å². The van der Waals surface area contributed by atoms with E-state index in [-0.39, 0.29) is 5.56 Å². The fraction of sp³-hybridized carbons (Fsp3) is 0.409. The second-order valence-electron chi connectivity index (χ2n) is 6.92. The number of anilines is 1. The molecule has 0 bridgehead atoms. The van der Waals surface area contributed by atoms with Crippen molar-refractivity contribution in [2.24, 2.45) is 0 Å². The standard InChI is InChI=1S/C22H24N2O6S/c1-27-16-9-13(10-17(28-2)20(16)29-3)22(26)30-12-19(25)24-21-15(11-23)14-7-5-4-6-8-18(14)31-21/h9-10H,4-8,12H2,1-3H3,(H,24,25). The van der Waals surface area contributed by atoms with Crippen molar-refractivity contribution in [1.29, 1.82) is 5.26 Å². The Labute approximate surface area is 184 Å². The van der Waals surface area contributed by atoms with Crippen molar-refractivity contribution < 1.29 is 28.5 Å². The largest absolute Gasteiger partial charge is 0.493 e. The second kappa shape index (κ2) is 10.2. The molecule has 1 aromatic heterocycles. The maximum atomic E-state index is 12.5. The molecule has 8 nitrogen and oxygen atoms in total. The van der Waals surface area contributed by atoms with Crippen molar-refractivity contribution in [2.45, 2.75) is 32.1 Å². The zero-order chi connectivity index (χ0) is 22.4. The van der Waals surface area contributed by atoms with E-state index in [0.29, 0.717) is 27.8 Å². The van der Waals surface area contributed by atoms with E-state index in [1.165, 1.54) is 44.8 Å². The molecule has 0 unspecified atom stereocenters. The van der Waals surface area contributed by atoms with Crippen LogP contribution in [-0.2, 0) is 22.4 Å². The van der Waals surface area contributed by atoms with Crippen LogP contribution in [0.25, 0.3) is 0 Å². The number of thiophene rings is 1. The molecule has 0 aliphatic heterocycles. The number of hydrogen-bond acceptors (Lipinski definition) is 8. The summed E-state index contributed by atoms with van der Waals surface area (Å²) >= 11 is 1.43. The van der Waals surface area contributed by atoms with Crippen LogP contribution in [0.4, 0.5) is 5.00 Å². The molecule has 1 aliphatic carbocycles. The molecule has 0 saturated heterocycles. The first-order chi connectivity index (χ1) is 15.0. The summed E-state index contributed by atoms with van der Waals surface area (Å²) in [6.07, 6.45) is 5.03. The lowest BCUT2D eigenvalue weighted by molar-refractivity contribution is -0.119. The van der Waals surface area contributed by atoms with Crippen LogP contribution in [0.2, 0.25) is 0 Å². The lowest BCUT2D eigenvalue weighted by Crippen LogP contribution is -2.21. The molecule has 1 amide bonds. The molecule has 0 saturated carbocycles. The minimum Gasteiger partial charge on any atom is -0.493 e. The molecule has 31 heavy (non-hydrogen) atoms. The Balaban J connectivity index is 1.68. The van der Waals surface area contributed by atoms with E-state index in [1.54, 1.807) is 0 Å². The topological polar surface area (TPSA) is 107 Å². The summed E-state index contributed by atoms with van der Waals surface area (Å²) in [5.41, 5.74) is 1.71. The van der Waals surface area contributed by atoms with E-state index in [4.69, 9.17) is 18.9 Å². The summed E-state index contributed by atoms with van der Waals surface area (Å²) in [7, 11) is 4.34. The first-order valence-corrected chi connectivity index (χ1v) is 10.7. The van der Waals surface area contributed by atoms with Crippen LogP contribution in [-0.4, -0.2) is 39.8 Å². The van der Waals surface area contributed by atoms with Gasteiger partial charge in [0.05, 0.1) is 32.5 Å². The molecule has 1 aromatic carbocycles. The van der Waals surface area contributed by atoms with Gasteiger partial charge in [-0.15, -0.1) is 11.3 Å². The van der Waals surface area contributed by atoms with E-state index < -0.39 is 18.5 Å². The number of nitrogens with one attached hydrogen (secondary N) is 1. The summed E-state index contributed by atoms with van der Waals surface area (Å²) in [5, 5.41) is 12.8. The Hall–Kier alpha value is -3.25. The van der Waals surface area contributed by atoms with Crippen LogP contribution >= 0.6 is 11.3 Å². The number of nitrogens with zero attached hydrogens (tertiary/aromatic N) is 1. The average Bonchev–Trinajstić information content (AvgIpc) is 2.94. The van der Waals surface area contributed by atoms with Gasteiger partial charge in [0.15, 0.2) is 18.1 Å². The van der Waals surface area contributed by atoms with Crippen LogP contribution in [0.1, 0.15) is 45.6 Å². The molecule has 0 spiro atoms. The highest BCUT2D eigenvalue weighted by molar-refractivity contribution is 7.16. The fourth-order valence-corrected chi connectivity index (χ4v) is 4.78. The predicted molar refractivity (Wildman–Crippen MR) is 115 cm³/mol. The van der Waals surface area contributed by atoms with Gasteiger partial charge >= 0.3 is 5.97 Å². The van der Waals surface area contributed by atoms with Gasteiger partial charge in [-0.05, 0) is 43.4 Å². The molecule has 1 aliphatic rings. The number of aryl methyl sites for hydroxylation is 1. The van der Waals surface area contributed by atoms with Crippen LogP contribution in [0.3, 0.4) is 0 Å². The highest BCUT2D eigenvalue weighted by Gasteiger charge is 2.22. The van der Waals surface area contributed by atoms with Crippen molar-refractivity contribution in [3.8, 4) is 23.3 Å². The Morgan fingerprint density at radius 2 is 1.74 bits per heavy atom. The second-order valence-corrected chi connectivity index (χ2v) is 8.02. The van der Waals surface area contributed by atoms with Crippen LogP contribution < -0.4 is 19.5 Å². The third-order valence-corrected chi connectivity index (χ3v) is 6.23. The highest BCUT2D eigenvalue weighted by Crippen LogP contribution is 2.39. The van der Waals surface area contributed by atoms with E-state index >= 15 is 0 Å². The molecule has 9 heteroatoms. The number of hydrogen-bond donors (Lipinski definition) is 1. The lowest BCUT2D eigenvalue weighted by atomic mass is 10.1. The number of benzene rings is 1. The quantitative estimate of drug-likeness (QED) is 0.512. The summed E-state index contributed by atoms with van der Waals surface area (Å²) in [6.45, 7) is -0.483. The number of esters is 1. The number of fused-ring (bicyclic) bond motifs is 1.